The fraction of sp³-hybridized carbons (Fsp3) is 0.538. The lowest BCUT2D eigenvalue weighted by Crippen LogP contribution is -2.20. The van der Waals surface area contributed by atoms with Crippen LogP contribution in [0.15, 0.2) is 18.2 Å². The molecule has 1 aliphatic rings. The summed E-state index contributed by atoms with van der Waals surface area (Å²) < 4.78 is 5.31. The van der Waals surface area contributed by atoms with Crippen molar-refractivity contribution in [2.75, 3.05) is 7.11 Å². The number of aliphatic hydroxyl groups excluding tert-OH is 1. The van der Waals surface area contributed by atoms with E-state index < -0.39 is 0 Å². The molecule has 0 saturated heterocycles. The highest BCUT2D eigenvalue weighted by Gasteiger charge is 2.28. The van der Waals surface area contributed by atoms with Crippen LogP contribution < -0.4 is 4.74 Å². The van der Waals surface area contributed by atoms with Crippen molar-refractivity contribution in [2.24, 2.45) is 5.92 Å². The van der Waals surface area contributed by atoms with E-state index >= 15 is 0 Å². The molecular weight excluding hydrogens is 188 g/mol. The minimum Gasteiger partial charge on any atom is -0.496 e. The van der Waals surface area contributed by atoms with Crippen molar-refractivity contribution in [3.8, 4) is 5.75 Å². The van der Waals surface area contributed by atoms with Gasteiger partial charge in [0.25, 0.3) is 0 Å². The average Bonchev–Trinajstić information content (AvgIpc) is 2.14. The van der Waals surface area contributed by atoms with Crippen LogP contribution in [0, 0.1) is 12.8 Å². The smallest absolute Gasteiger partial charge is 0.124 e. The molecule has 1 aromatic carbocycles. The molecule has 2 heteroatoms. The van der Waals surface area contributed by atoms with Crippen molar-refractivity contribution >= 4 is 0 Å². The Labute approximate surface area is 90.9 Å². The minimum atomic E-state index is -0.353. The number of hydrogen-bond acceptors (Lipinski definition) is 2. The fourth-order valence-electron chi connectivity index (χ4n) is 2.07. The van der Waals surface area contributed by atoms with Gasteiger partial charge < -0.3 is 9.84 Å². The number of aliphatic hydroxyl groups is 1. The normalized spacial score (nSPS) is 18.3. The van der Waals surface area contributed by atoms with E-state index in [0.717, 1.165) is 29.7 Å². The van der Waals surface area contributed by atoms with Crippen LogP contribution in [0.1, 0.15) is 36.5 Å². The Morgan fingerprint density at radius 1 is 1.40 bits per heavy atom. The molecule has 0 bridgehead atoms. The summed E-state index contributed by atoms with van der Waals surface area (Å²) in [7, 11) is 1.66. The Morgan fingerprint density at radius 3 is 2.67 bits per heavy atom. The predicted octanol–water partition coefficient (Wildman–Crippen LogP) is 2.84. The fourth-order valence-corrected chi connectivity index (χ4v) is 2.07. The first-order valence-corrected chi connectivity index (χ1v) is 5.55. The van der Waals surface area contributed by atoms with Gasteiger partial charge in [-0.2, -0.15) is 0 Å². The second-order valence-electron chi connectivity index (χ2n) is 4.38. The van der Waals surface area contributed by atoms with E-state index in [-0.39, 0.29) is 6.10 Å². The maximum Gasteiger partial charge on any atom is 0.124 e. The molecule has 2 nitrogen and oxygen atoms in total. The third kappa shape index (κ3) is 2.00. The van der Waals surface area contributed by atoms with E-state index in [4.69, 9.17) is 4.74 Å². The summed E-state index contributed by atoms with van der Waals surface area (Å²) >= 11 is 0. The Morgan fingerprint density at radius 2 is 2.13 bits per heavy atom. The molecule has 1 N–H and O–H groups in total. The van der Waals surface area contributed by atoms with Crippen molar-refractivity contribution < 1.29 is 9.84 Å². The maximum absolute atomic E-state index is 10.2. The van der Waals surface area contributed by atoms with Crippen molar-refractivity contribution in [1.82, 2.24) is 0 Å². The van der Waals surface area contributed by atoms with Gasteiger partial charge in [0.2, 0.25) is 0 Å². The third-order valence-electron chi connectivity index (χ3n) is 3.30. The molecule has 0 aromatic heterocycles. The highest BCUT2D eigenvalue weighted by Crippen LogP contribution is 2.40. The quantitative estimate of drug-likeness (QED) is 0.824. The summed E-state index contributed by atoms with van der Waals surface area (Å²) in [5.74, 6) is 1.25. The Hall–Kier alpha value is -1.02. The molecule has 0 spiro atoms. The number of rotatable bonds is 3. The largest absolute Gasteiger partial charge is 0.496 e. The Balaban J connectivity index is 2.25. The number of hydrogen-bond donors (Lipinski definition) is 1. The second kappa shape index (κ2) is 4.23. The van der Waals surface area contributed by atoms with Crippen LogP contribution in [0.25, 0.3) is 0 Å². The first-order valence-electron chi connectivity index (χ1n) is 5.55. The van der Waals surface area contributed by atoms with Crippen molar-refractivity contribution in [3.05, 3.63) is 29.3 Å². The monoisotopic (exact) mass is 206 g/mol. The van der Waals surface area contributed by atoms with Crippen LogP contribution in [-0.2, 0) is 0 Å². The molecule has 0 heterocycles. The zero-order valence-electron chi connectivity index (χ0n) is 9.36. The molecule has 2 rings (SSSR count). The average molecular weight is 206 g/mol. The summed E-state index contributed by atoms with van der Waals surface area (Å²) in [5.41, 5.74) is 2.10. The Kier molecular flexibility index (Phi) is 2.96. The number of aryl methyl sites for hydroxylation is 1. The molecular formula is C13H18O2. The zero-order chi connectivity index (χ0) is 10.8. The van der Waals surface area contributed by atoms with Crippen molar-refractivity contribution in [3.63, 3.8) is 0 Å². The highest BCUT2D eigenvalue weighted by molar-refractivity contribution is 5.39. The van der Waals surface area contributed by atoms with Crippen LogP contribution >= 0.6 is 0 Å². The highest BCUT2D eigenvalue weighted by atomic mass is 16.5. The molecule has 82 valence electrons. The molecule has 0 radical (unpaired) electrons. The van der Waals surface area contributed by atoms with E-state index in [1.54, 1.807) is 7.11 Å². The molecule has 0 amide bonds. The zero-order valence-corrected chi connectivity index (χ0v) is 9.36. The van der Waals surface area contributed by atoms with E-state index in [2.05, 4.69) is 0 Å². The van der Waals surface area contributed by atoms with Gasteiger partial charge in [-0.25, -0.2) is 0 Å². The van der Waals surface area contributed by atoms with Crippen LogP contribution in [-0.4, -0.2) is 12.2 Å². The first kappa shape index (κ1) is 10.5. The van der Waals surface area contributed by atoms with Gasteiger partial charge in [-0.3, -0.25) is 0 Å². The molecule has 1 atom stereocenters. The standard InChI is InChI=1S/C13H18O2/c1-9-6-7-11(12(8-9)15-2)13(14)10-4-3-5-10/h6-8,10,13-14H,3-5H2,1-2H3. The van der Waals surface area contributed by atoms with Crippen LogP contribution in [0.2, 0.25) is 0 Å². The number of benzene rings is 1. The Bertz CT molecular complexity index is 342. The van der Waals surface area contributed by atoms with Gasteiger partial charge in [0.1, 0.15) is 5.75 Å². The predicted molar refractivity (Wildman–Crippen MR) is 60.0 cm³/mol. The van der Waals surface area contributed by atoms with Gasteiger partial charge in [0.15, 0.2) is 0 Å². The SMILES string of the molecule is COc1cc(C)ccc1C(O)C1CCC1. The van der Waals surface area contributed by atoms with E-state index in [1.165, 1.54) is 6.42 Å². The van der Waals surface area contributed by atoms with Gasteiger partial charge in [-0.15, -0.1) is 0 Å². The van der Waals surface area contributed by atoms with Gasteiger partial charge in [-0.05, 0) is 37.3 Å². The van der Waals surface area contributed by atoms with Gasteiger partial charge in [-0.1, -0.05) is 18.6 Å². The lowest BCUT2D eigenvalue weighted by atomic mass is 9.78. The molecule has 1 saturated carbocycles. The van der Waals surface area contributed by atoms with Crippen LogP contribution in [0.4, 0.5) is 0 Å². The maximum atomic E-state index is 10.2. The summed E-state index contributed by atoms with van der Waals surface area (Å²) in [6.45, 7) is 2.03. The second-order valence-corrected chi connectivity index (χ2v) is 4.38. The van der Waals surface area contributed by atoms with Crippen LogP contribution in [0.5, 0.6) is 5.75 Å². The first-order chi connectivity index (χ1) is 7.22. The molecule has 1 aliphatic carbocycles. The lowest BCUT2D eigenvalue weighted by Gasteiger charge is -2.31. The molecule has 1 aromatic rings. The van der Waals surface area contributed by atoms with Gasteiger partial charge in [0.05, 0.1) is 13.2 Å². The molecule has 0 aliphatic heterocycles. The van der Waals surface area contributed by atoms with E-state index in [9.17, 15) is 5.11 Å². The van der Waals surface area contributed by atoms with Crippen molar-refractivity contribution in [2.45, 2.75) is 32.3 Å². The topological polar surface area (TPSA) is 29.5 Å². The number of methoxy groups -OCH3 is 1. The van der Waals surface area contributed by atoms with Gasteiger partial charge in [0, 0.05) is 5.56 Å². The third-order valence-corrected chi connectivity index (χ3v) is 3.30. The van der Waals surface area contributed by atoms with E-state index in [0.29, 0.717) is 5.92 Å². The summed E-state index contributed by atoms with van der Waals surface area (Å²) in [6, 6.07) is 5.99. The van der Waals surface area contributed by atoms with Gasteiger partial charge >= 0.3 is 0 Å². The van der Waals surface area contributed by atoms with Crippen LogP contribution in [0.3, 0.4) is 0 Å². The summed E-state index contributed by atoms with van der Waals surface area (Å²) in [5, 5.41) is 10.2. The minimum absolute atomic E-state index is 0.353. The van der Waals surface area contributed by atoms with E-state index in [1.807, 2.05) is 25.1 Å². The van der Waals surface area contributed by atoms with Crippen molar-refractivity contribution in [1.29, 1.82) is 0 Å². The molecule has 15 heavy (non-hydrogen) atoms. The number of ether oxygens (including phenoxy) is 1. The summed E-state index contributed by atoms with van der Waals surface area (Å²) in [6.07, 6.45) is 3.17. The lowest BCUT2D eigenvalue weighted by molar-refractivity contribution is 0.0600. The molecule has 1 unspecified atom stereocenters. The summed E-state index contributed by atoms with van der Waals surface area (Å²) in [4.78, 5) is 0. The molecule has 1 fully saturated rings.